The number of rotatable bonds is 10. The Labute approximate surface area is 237 Å². The fourth-order valence-corrected chi connectivity index (χ4v) is 4.99. The number of aliphatic imine (C=N–C) groups is 1. The van der Waals surface area contributed by atoms with Gasteiger partial charge >= 0.3 is 0 Å². The molecule has 0 aromatic heterocycles. The minimum atomic E-state index is -0.519. The molecule has 0 radical (unpaired) electrons. The predicted molar refractivity (Wildman–Crippen MR) is 166 cm³/mol. The first kappa shape index (κ1) is 32.0. The Kier molecular flexibility index (Phi) is 11.7. The van der Waals surface area contributed by atoms with E-state index in [-0.39, 0.29) is 5.91 Å². The smallest absolute Gasteiger partial charge is 0.234 e. The summed E-state index contributed by atoms with van der Waals surface area (Å²) in [6, 6.07) is 6.72. The molecule has 0 bridgehead atoms. The fraction of sp³-hybridized carbons (Fsp3) is 0.562. The van der Waals surface area contributed by atoms with Crippen LogP contribution in [-0.2, 0) is 4.79 Å². The van der Waals surface area contributed by atoms with Crippen LogP contribution in [-0.4, -0.2) is 54.3 Å². The summed E-state index contributed by atoms with van der Waals surface area (Å²) in [5, 5.41) is 6.83. The Balaban J connectivity index is 0.00000260. The number of nitrogens with zero attached hydrogens (tertiary/aromatic N) is 3. The van der Waals surface area contributed by atoms with Crippen LogP contribution in [0.15, 0.2) is 53.9 Å². The second-order valence-electron chi connectivity index (χ2n) is 10.7. The van der Waals surface area contributed by atoms with Crippen LogP contribution < -0.4 is 15.4 Å². The number of carbonyl (C=O) groups excluding carboxylic acids is 1. The molecule has 0 spiro atoms. The number of hydrogen-bond donors (Lipinski definition) is 2. The number of methoxy groups -OCH3 is 1. The summed E-state index contributed by atoms with van der Waals surface area (Å²) < 4.78 is 5.70. The molecule has 1 aliphatic carbocycles. The van der Waals surface area contributed by atoms with Gasteiger partial charge in [-0.3, -0.25) is 4.79 Å². The maximum atomic E-state index is 13.2. The van der Waals surface area contributed by atoms with E-state index < -0.39 is 5.41 Å². The highest BCUT2D eigenvalue weighted by Gasteiger charge is 2.43. The van der Waals surface area contributed by atoms with Crippen LogP contribution in [0, 0.1) is 5.41 Å². The van der Waals surface area contributed by atoms with Crippen LogP contribution in [0.5, 0.6) is 5.75 Å². The highest BCUT2D eigenvalue weighted by Crippen LogP contribution is 2.35. The van der Waals surface area contributed by atoms with Crippen LogP contribution in [0.25, 0.3) is 5.70 Å². The molecule has 1 saturated carbocycles. The summed E-state index contributed by atoms with van der Waals surface area (Å²) in [4.78, 5) is 22.2. The molecule has 1 amide bonds. The van der Waals surface area contributed by atoms with Crippen molar-refractivity contribution < 1.29 is 9.53 Å². The molecule has 39 heavy (non-hydrogen) atoms. The van der Waals surface area contributed by atoms with Crippen LogP contribution >= 0.6 is 0 Å². The van der Waals surface area contributed by atoms with E-state index in [9.17, 15) is 4.79 Å². The Morgan fingerprint density at radius 3 is 2.38 bits per heavy atom. The van der Waals surface area contributed by atoms with Gasteiger partial charge in [-0.25, -0.2) is 4.99 Å². The quantitative estimate of drug-likeness (QED) is 0.336. The van der Waals surface area contributed by atoms with Gasteiger partial charge in [0.25, 0.3) is 0 Å². The van der Waals surface area contributed by atoms with E-state index in [2.05, 4.69) is 42.5 Å². The zero-order valence-electron chi connectivity index (χ0n) is 25.8. The van der Waals surface area contributed by atoms with E-state index in [1.807, 2.05) is 65.9 Å². The zero-order chi connectivity index (χ0) is 29.3. The van der Waals surface area contributed by atoms with Crippen LogP contribution in [0.1, 0.15) is 86.1 Å². The summed E-state index contributed by atoms with van der Waals surface area (Å²) in [6.45, 7) is 23.4. The van der Waals surface area contributed by atoms with Crippen LogP contribution in [0.2, 0.25) is 0 Å². The summed E-state index contributed by atoms with van der Waals surface area (Å²) in [5.41, 5.74) is 2.90. The first-order valence-corrected chi connectivity index (χ1v) is 14.5. The van der Waals surface area contributed by atoms with Crippen molar-refractivity contribution in [2.45, 2.75) is 92.7 Å². The van der Waals surface area contributed by atoms with Crippen molar-refractivity contribution >= 4 is 23.1 Å². The number of ether oxygens (including phenoxy) is 1. The number of hydrogen-bond acceptors (Lipinski definition) is 5. The average molecular weight is 538 g/mol. The molecule has 1 aliphatic heterocycles. The third-order valence-corrected chi connectivity index (χ3v) is 7.53. The highest BCUT2D eigenvalue weighted by molar-refractivity contribution is 6.04. The molecular formula is C32H51N5O2. The van der Waals surface area contributed by atoms with Gasteiger partial charge in [0, 0.05) is 36.9 Å². The molecule has 0 unspecified atom stereocenters. The molecule has 2 fully saturated rings. The molecule has 0 atom stereocenters. The Morgan fingerprint density at radius 1 is 1.23 bits per heavy atom. The van der Waals surface area contributed by atoms with Crippen molar-refractivity contribution in [2.24, 2.45) is 10.4 Å². The number of allylic oxidation sites excluding steroid dienone is 1. The number of amidine groups is 1. The third-order valence-electron chi connectivity index (χ3n) is 7.53. The van der Waals surface area contributed by atoms with E-state index in [0.717, 1.165) is 54.2 Å². The summed E-state index contributed by atoms with van der Waals surface area (Å²) in [5.74, 6) is 2.04. The largest absolute Gasteiger partial charge is 0.495 e. The van der Waals surface area contributed by atoms with Crippen LogP contribution in [0.3, 0.4) is 0 Å². The van der Waals surface area contributed by atoms with Gasteiger partial charge in [-0.15, -0.1) is 0 Å². The fourth-order valence-electron chi connectivity index (χ4n) is 4.99. The minimum absolute atomic E-state index is 0.0909. The number of amides is 1. The molecule has 2 N–H and O–H groups in total. The van der Waals surface area contributed by atoms with Crippen molar-refractivity contribution in [2.75, 3.05) is 26.0 Å². The molecule has 2 aliphatic rings. The SMILES string of the molecule is C=C(/N=C1\C(=C/C)N(C)C(=O)C(C)(C)CN1C1CCC1)Nc1ccc(C(=C)NC(CC)CC)cc1OC.CC. The van der Waals surface area contributed by atoms with Crippen molar-refractivity contribution in [3.05, 3.63) is 54.5 Å². The standard InChI is InChI=1S/C30H45N5O2.C2H6/c1-10-23(11-2)31-20(4)22-16-17-25(27(18-22)37-9)32-21(5)33-28-26(12-3)34(8)29(36)30(6,7)19-35(28)24-14-13-15-24;1-2/h12,16-18,23-24,31-32H,4-5,10-11,13-15,19H2,1-3,6-9H3;1-2H3/b26-12+,33-28+;. The van der Waals surface area contributed by atoms with Crippen molar-refractivity contribution in [1.29, 1.82) is 0 Å². The monoisotopic (exact) mass is 537 g/mol. The maximum Gasteiger partial charge on any atom is 0.234 e. The normalized spacial score (nSPS) is 19.3. The molecule has 1 heterocycles. The van der Waals surface area contributed by atoms with Gasteiger partial charge in [0.2, 0.25) is 5.91 Å². The minimum Gasteiger partial charge on any atom is -0.495 e. The number of benzene rings is 1. The average Bonchev–Trinajstić information content (AvgIpc) is 2.96. The Morgan fingerprint density at radius 2 is 1.87 bits per heavy atom. The summed E-state index contributed by atoms with van der Waals surface area (Å²) >= 11 is 0. The second kappa shape index (κ2) is 14.2. The van der Waals surface area contributed by atoms with Gasteiger partial charge in [0.05, 0.1) is 23.9 Å². The summed E-state index contributed by atoms with van der Waals surface area (Å²) in [6.07, 6.45) is 7.45. The predicted octanol–water partition coefficient (Wildman–Crippen LogP) is 7.01. The molecule has 216 valence electrons. The lowest BCUT2D eigenvalue weighted by atomic mass is 9.87. The van der Waals surface area contributed by atoms with E-state index in [0.29, 0.717) is 30.2 Å². The van der Waals surface area contributed by atoms with E-state index >= 15 is 0 Å². The molecule has 7 nitrogen and oxygen atoms in total. The van der Waals surface area contributed by atoms with Crippen LogP contribution in [0.4, 0.5) is 5.69 Å². The number of anilines is 1. The van der Waals surface area contributed by atoms with E-state index in [4.69, 9.17) is 9.73 Å². The lowest BCUT2D eigenvalue weighted by Crippen LogP contribution is -2.48. The highest BCUT2D eigenvalue weighted by atomic mass is 16.5. The van der Waals surface area contributed by atoms with E-state index in [1.165, 1.54) is 6.42 Å². The molecule has 1 saturated heterocycles. The van der Waals surface area contributed by atoms with Gasteiger partial charge in [0.15, 0.2) is 5.84 Å². The second-order valence-corrected chi connectivity index (χ2v) is 10.7. The zero-order valence-corrected chi connectivity index (χ0v) is 25.8. The van der Waals surface area contributed by atoms with Crippen molar-refractivity contribution in [3.63, 3.8) is 0 Å². The van der Waals surface area contributed by atoms with E-state index in [1.54, 1.807) is 12.0 Å². The first-order valence-electron chi connectivity index (χ1n) is 14.5. The molecule has 1 aromatic rings. The maximum absolute atomic E-state index is 13.2. The van der Waals surface area contributed by atoms with Gasteiger partial charge in [-0.1, -0.05) is 53.0 Å². The Hall–Kier alpha value is -3.22. The molecule has 1 aromatic carbocycles. The van der Waals surface area contributed by atoms with Crippen molar-refractivity contribution in [3.8, 4) is 5.75 Å². The Bertz CT molecular complexity index is 1080. The van der Waals surface area contributed by atoms with Gasteiger partial charge < -0.3 is 25.2 Å². The lowest BCUT2D eigenvalue weighted by molar-refractivity contribution is -0.136. The van der Waals surface area contributed by atoms with Gasteiger partial charge in [0.1, 0.15) is 11.6 Å². The lowest BCUT2D eigenvalue weighted by Gasteiger charge is -2.41. The van der Waals surface area contributed by atoms with Gasteiger partial charge in [-0.2, -0.15) is 0 Å². The summed E-state index contributed by atoms with van der Waals surface area (Å²) in [7, 11) is 3.49. The molecular weight excluding hydrogens is 486 g/mol. The van der Waals surface area contributed by atoms with Gasteiger partial charge in [-0.05, 0) is 65.0 Å². The topological polar surface area (TPSA) is 69.2 Å². The third kappa shape index (κ3) is 7.46. The number of nitrogens with one attached hydrogen (secondary N) is 2. The number of likely N-dealkylation sites (N-methyl/N-ethyl adjacent to an activating group) is 1. The first-order chi connectivity index (χ1) is 18.6. The molecule has 7 heteroatoms. The van der Waals surface area contributed by atoms with Crippen molar-refractivity contribution in [1.82, 2.24) is 15.1 Å². The number of carbonyl (C=O) groups is 1. The molecule has 3 rings (SSSR count).